The quantitative estimate of drug-likeness (QED) is 0.484. The first-order valence-corrected chi connectivity index (χ1v) is 2.42. The number of rotatable bonds is 0. The van der Waals surface area contributed by atoms with Gasteiger partial charge in [-0.05, 0) is 0 Å². The Morgan fingerprint density at radius 2 is 1.25 bits per heavy atom. The van der Waals surface area contributed by atoms with Crippen LogP contribution in [0.15, 0.2) is 0 Å². The summed E-state index contributed by atoms with van der Waals surface area (Å²) >= 11 is -2.27. The Labute approximate surface area is 45.3 Å². The molecule has 0 aliphatic rings. The van der Waals surface area contributed by atoms with Crippen LogP contribution in [0.1, 0.15) is 0 Å². The molecular weight excluding hydrogens is 182 g/mol. The average molecular weight is 182 g/mol. The normalized spacial score (nSPS) is 2.00. The molecule has 0 N–H and O–H groups in total. The molecule has 0 amide bonds. The Bertz CT molecular complexity index is 27.0. The summed E-state index contributed by atoms with van der Waals surface area (Å²) in [6.45, 7) is 0. The van der Waals surface area contributed by atoms with Crippen LogP contribution in [-0.2, 0) is 45.4 Å². The van der Waals surface area contributed by atoms with Gasteiger partial charge in [0.15, 0.2) is 0 Å². The van der Waals surface area contributed by atoms with E-state index in [4.69, 9.17) is 5.63 Å². The molecule has 0 aliphatic heterocycles. The van der Waals surface area contributed by atoms with Crippen molar-refractivity contribution < 1.29 is 45.4 Å². The topological polar surface area (TPSA) is 34.1 Å². The van der Waals surface area contributed by atoms with Gasteiger partial charge in [-0.25, -0.2) is 0 Å². The Balaban J connectivity index is 0. The van der Waals surface area contributed by atoms with Gasteiger partial charge in [0.2, 0.25) is 0 Å². The van der Waals surface area contributed by atoms with Crippen LogP contribution in [0, 0.1) is 0 Å². The van der Waals surface area contributed by atoms with E-state index in [1.807, 2.05) is 0 Å². The van der Waals surface area contributed by atoms with Crippen LogP contribution in [0.25, 0.3) is 0 Å². The molecule has 0 spiro atoms. The minimum absolute atomic E-state index is 0. The summed E-state index contributed by atoms with van der Waals surface area (Å²) < 4.78 is 17.1. The van der Waals surface area contributed by atoms with Gasteiger partial charge >= 0.3 is 28.9 Å². The monoisotopic (exact) mass is 180 g/mol. The molecule has 0 radical (unpaired) electrons. The third-order valence-corrected chi connectivity index (χ3v) is 0. The van der Waals surface area contributed by atoms with Crippen LogP contribution in [-0.4, -0.2) is 0 Å². The van der Waals surface area contributed by atoms with E-state index < -0.39 is 23.2 Å². The van der Waals surface area contributed by atoms with Crippen molar-refractivity contribution >= 4 is 0 Å². The van der Waals surface area contributed by atoms with E-state index in [0.29, 0.717) is 0 Å². The maximum absolute atomic E-state index is 8.54. The Morgan fingerprint density at radius 3 is 1.25 bits per heavy atom. The van der Waals surface area contributed by atoms with Crippen molar-refractivity contribution in [2.75, 3.05) is 0 Å². The molecule has 2 nitrogen and oxygen atoms in total. The zero-order chi connectivity index (χ0) is 2.71. The first-order chi connectivity index (χ1) is 1.41. The Hall–Kier alpha value is 0.977. The van der Waals surface area contributed by atoms with E-state index in [0.717, 1.165) is 0 Å². The number of hydrogen-bond acceptors (Lipinski definition) is 2. The molecule has 0 heterocycles. The average Bonchev–Trinajstić information content (AvgIpc) is 0.918. The van der Waals surface area contributed by atoms with Crippen molar-refractivity contribution in [2.24, 2.45) is 0 Å². The van der Waals surface area contributed by atoms with Crippen molar-refractivity contribution in [1.29, 1.82) is 0 Å². The summed E-state index contributed by atoms with van der Waals surface area (Å²) in [5.74, 6) is 0. The fourth-order valence-corrected chi connectivity index (χ4v) is 0. The molecule has 0 saturated heterocycles. The van der Waals surface area contributed by atoms with E-state index in [1.54, 1.807) is 0 Å². The van der Waals surface area contributed by atoms with E-state index in [2.05, 4.69) is 0 Å². The molecule has 26 valence electrons. The molecule has 0 unspecified atom stereocenters. The van der Waals surface area contributed by atoms with Gasteiger partial charge in [-0.3, -0.25) is 0 Å². The Kier molecular flexibility index (Phi) is 20.0. The molecule has 0 aromatic rings. The SMILES string of the molecule is [Ni].[O]=[Zr]=[O]. The van der Waals surface area contributed by atoms with Crippen molar-refractivity contribution in [3.63, 3.8) is 0 Å². The van der Waals surface area contributed by atoms with Gasteiger partial charge in [0, 0.05) is 16.5 Å². The predicted octanol–water partition coefficient (Wildman–Crippen LogP) is -0.243. The third kappa shape index (κ3) is 12.2. The maximum atomic E-state index is 8.54. The van der Waals surface area contributed by atoms with Crippen molar-refractivity contribution in [3.8, 4) is 0 Å². The van der Waals surface area contributed by atoms with E-state index in [9.17, 15) is 0 Å². The molecule has 4 heavy (non-hydrogen) atoms. The molecule has 0 bridgehead atoms. The van der Waals surface area contributed by atoms with Crippen LogP contribution >= 0.6 is 0 Å². The molecule has 0 aromatic heterocycles. The zero-order valence-electron chi connectivity index (χ0n) is 1.63. The standard InChI is InChI=1S/Ni.2O.Zr. The van der Waals surface area contributed by atoms with Gasteiger partial charge in [-0.15, -0.1) is 0 Å². The fraction of sp³-hybridized carbons (Fsp3) is 0. The first-order valence-electron chi connectivity index (χ1n) is 0.408. The van der Waals surface area contributed by atoms with Crippen molar-refractivity contribution in [1.82, 2.24) is 0 Å². The summed E-state index contributed by atoms with van der Waals surface area (Å²) in [6.07, 6.45) is 0. The minimum atomic E-state index is -2.27. The molecule has 0 aromatic carbocycles. The summed E-state index contributed by atoms with van der Waals surface area (Å²) in [4.78, 5) is 0. The fourth-order valence-electron chi connectivity index (χ4n) is 0. The molecular formula is NiO2Zr. The van der Waals surface area contributed by atoms with E-state index >= 15 is 0 Å². The third-order valence-electron chi connectivity index (χ3n) is 0. The first kappa shape index (κ1) is 8.88. The molecule has 4 heteroatoms. The zero-order valence-corrected chi connectivity index (χ0v) is 5.08. The van der Waals surface area contributed by atoms with Crippen LogP contribution in [0.2, 0.25) is 0 Å². The summed E-state index contributed by atoms with van der Waals surface area (Å²) in [6, 6.07) is 0. The predicted molar refractivity (Wildman–Crippen MR) is 1.37 cm³/mol. The summed E-state index contributed by atoms with van der Waals surface area (Å²) in [5.41, 5.74) is 0. The second-order valence-corrected chi connectivity index (χ2v) is 0.493. The van der Waals surface area contributed by atoms with Crippen molar-refractivity contribution in [2.45, 2.75) is 0 Å². The van der Waals surface area contributed by atoms with Crippen LogP contribution in [0.5, 0.6) is 0 Å². The molecule has 0 rings (SSSR count). The van der Waals surface area contributed by atoms with E-state index in [1.165, 1.54) is 0 Å². The van der Waals surface area contributed by atoms with Gasteiger partial charge in [0.05, 0.1) is 0 Å². The van der Waals surface area contributed by atoms with Crippen molar-refractivity contribution in [3.05, 3.63) is 0 Å². The second kappa shape index (κ2) is 9.02. The summed E-state index contributed by atoms with van der Waals surface area (Å²) in [7, 11) is 0. The van der Waals surface area contributed by atoms with E-state index in [-0.39, 0.29) is 16.5 Å². The van der Waals surface area contributed by atoms with Crippen LogP contribution < -0.4 is 0 Å². The van der Waals surface area contributed by atoms with Gasteiger partial charge in [-0.1, -0.05) is 0 Å². The molecule has 0 saturated carbocycles. The second-order valence-electron chi connectivity index (χ2n) is 0.0833. The van der Waals surface area contributed by atoms with Gasteiger partial charge in [0.1, 0.15) is 0 Å². The van der Waals surface area contributed by atoms with Gasteiger partial charge in [-0.2, -0.15) is 0 Å². The molecule has 0 fully saturated rings. The van der Waals surface area contributed by atoms with Gasteiger partial charge < -0.3 is 0 Å². The van der Waals surface area contributed by atoms with Gasteiger partial charge in [0.25, 0.3) is 0 Å². The molecule has 0 atom stereocenters. The number of hydrogen-bond donors (Lipinski definition) is 0. The molecule has 0 aliphatic carbocycles. The van der Waals surface area contributed by atoms with Crippen LogP contribution in [0.4, 0.5) is 0 Å². The summed E-state index contributed by atoms with van der Waals surface area (Å²) in [5, 5.41) is 0. The van der Waals surface area contributed by atoms with Crippen LogP contribution in [0.3, 0.4) is 0 Å². The Morgan fingerprint density at radius 1 is 1.25 bits per heavy atom.